The smallest absolute Gasteiger partial charge is 0.343 e. The summed E-state index contributed by atoms with van der Waals surface area (Å²) in [4.78, 5) is 0. The van der Waals surface area contributed by atoms with E-state index >= 15 is 0 Å². The third-order valence-electron chi connectivity index (χ3n) is 5.06. The predicted octanol–water partition coefficient (Wildman–Crippen LogP) is 4.12. The van der Waals surface area contributed by atoms with E-state index in [2.05, 4.69) is 32.9 Å². The SMILES string of the molecule is CO[Si](CCC1CC2C=CC1C2)(OC)C(C)(C)C. The van der Waals surface area contributed by atoms with E-state index < -0.39 is 8.56 Å². The number of fused-ring (bicyclic) bond motifs is 2. The molecule has 2 bridgehead atoms. The van der Waals surface area contributed by atoms with Gasteiger partial charge in [0.1, 0.15) is 0 Å². The van der Waals surface area contributed by atoms with Crippen molar-refractivity contribution in [3.05, 3.63) is 12.2 Å². The third kappa shape index (κ3) is 2.45. The van der Waals surface area contributed by atoms with E-state index in [0.29, 0.717) is 0 Å². The lowest BCUT2D eigenvalue weighted by molar-refractivity contribution is 0.208. The fourth-order valence-electron chi connectivity index (χ4n) is 3.88. The lowest BCUT2D eigenvalue weighted by Crippen LogP contribution is -2.49. The molecule has 2 aliphatic carbocycles. The van der Waals surface area contributed by atoms with Crippen molar-refractivity contribution in [2.75, 3.05) is 14.2 Å². The molecular formula is C15H28O2Si. The number of hydrogen-bond donors (Lipinski definition) is 0. The van der Waals surface area contributed by atoms with E-state index in [1.165, 1.54) is 19.3 Å². The Kier molecular flexibility index (Phi) is 4.05. The van der Waals surface area contributed by atoms with Crippen LogP contribution in [0.3, 0.4) is 0 Å². The highest BCUT2D eigenvalue weighted by Gasteiger charge is 2.48. The van der Waals surface area contributed by atoms with Crippen molar-refractivity contribution < 1.29 is 8.85 Å². The van der Waals surface area contributed by atoms with Crippen LogP contribution >= 0.6 is 0 Å². The van der Waals surface area contributed by atoms with Crippen LogP contribution < -0.4 is 0 Å². The van der Waals surface area contributed by atoms with Gasteiger partial charge in [-0.3, -0.25) is 0 Å². The Hall–Kier alpha value is -0.123. The van der Waals surface area contributed by atoms with Gasteiger partial charge in [-0.2, -0.15) is 0 Å². The first kappa shape index (κ1) is 14.3. The van der Waals surface area contributed by atoms with Gasteiger partial charge in [0.25, 0.3) is 0 Å². The van der Waals surface area contributed by atoms with Gasteiger partial charge >= 0.3 is 8.56 Å². The average Bonchev–Trinajstić information content (AvgIpc) is 2.91. The zero-order valence-corrected chi connectivity index (χ0v) is 13.5. The standard InChI is InChI=1S/C15H28O2Si/c1-15(2,3)18(16-4,17-5)9-8-14-11-12-6-7-13(14)10-12/h6-7,12-14H,8-11H2,1-5H3. The second kappa shape index (κ2) is 5.10. The van der Waals surface area contributed by atoms with Gasteiger partial charge in [-0.1, -0.05) is 32.9 Å². The lowest BCUT2D eigenvalue weighted by Gasteiger charge is -2.39. The van der Waals surface area contributed by atoms with Crippen molar-refractivity contribution in [3.63, 3.8) is 0 Å². The molecule has 0 radical (unpaired) electrons. The van der Waals surface area contributed by atoms with Gasteiger partial charge in [0.2, 0.25) is 0 Å². The summed E-state index contributed by atoms with van der Waals surface area (Å²) in [5.74, 6) is 2.59. The Bertz CT molecular complexity index is 315. The van der Waals surface area contributed by atoms with Gasteiger partial charge in [0, 0.05) is 19.3 Å². The first-order valence-electron chi connectivity index (χ1n) is 7.20. The lowest BCUT2D eigenvalue weighted by atomic mass is 9.91. The van der Waals surface area contributed by atoms with E-state index in [-0.39, 0.29) is 5.04 Å². The maximum Gasteiger partial charge on any atom is 0.343 e. The molecule has 2 nitrogen and oxygen atoms in total. The van der Waals surface area contributed by atoms with Crippen LogP contribution in [-0.2, 0) is 8.85 Å². The molecule has 18 heavy (non-hydrogen) atoms. The molecule has 0 N–H and O–H groups in total. The highest BCUT2D eigenvalue weighted by molar-refractivity contribution is 6.70. The minimum absolute atomic E-state index is 0.143. The Morgan fingerprint density at radius 2 is 1.78 bits per heavy atom. The monoisotopic (exact) mass is 268 g/mol. The highest BCUT2D eigenvalue weighted by atomic mass is 28.4. The molecular weight excluding hydrogens is 240 g/mol. The summed E-state index contributed by atoms with van der Waals surface area (Å²) < 4.78 is 11.8. The average molecular weight is 268 g/mol. The molecule has 0 heterocycles. The van der Waals surface area contributed by atoms with Crippen molar-refractivity contribution in [1.29, 1.82) is 0 Å². The predicted molar refractivity (Wildman–Crippen MR) is 77.8 cm³/mol. The van der Waals surface area contributed by atoms with Crippen molar-refractivity contribution >= 4 is 8.56 Å². The molecule has 0 saturated heterocycles. The zero-order valence-electron chi connectivity index (χ0n) is 12.5. The summed E-state index contributed by atoms with van der Waals surface area (Å²) >= 11 is 0. The summed E-state index contributed by atoms with van der Waals surface area (Å²) in [5.41, 5.74) is 0. The van der Waals surface area contributed by atoms with Crippen LogP contribution in [-0.4, -0.2) is 22.8 Å². The molecule has 0 spiro atoms. The highest BCUT2D eigenvalue weighted by Crippen LogP contribution is 2.48. The summed E-state index contributed by atoms with van der Waals surface area (Å²) in [7, 11) is 1.61. The second-order valence-corrected chi connectivity index (χ2v) is 11.3. The Morgan fingerprint density at radius 3 is 2.17 bits per heavy atom. The molecule has 2 aliphatic rings. The maximum atomic E-state index is 5.89. The molecule has 0 aromatic heterocycles. The summed E-state index contributed by atoms with van der Waals surface area (Å²) in [5, 5.41) is 0.143. The van der Waals surface area contributed by atoms with Crippen LogP contribution in [0.25, 0.3) is 0 Å². The molecule has 1 saturated carbocycles. The van der Waals surface area contributed by atoms with E-state index in [1.54, 1.807) is 0 Å². The topological polar surface area (TPSA) is 18.5 Å². The molecule has 3 unspecified atom stereocenters. The van der Waals surface area contributed by atoms with Crippen LogP contribution in [0.2, 0.25) is 11.1 Å². The van der Waals surface area contributed by atoms with Gasteiger partial charge in [0.05, 0.1) is 0 Å². The fourth-order valence-corrected chi connectivity index (χ4v) is 7.18. The van der Waals surface area contributed by atoms with Gasteiger partial charge in [-0.25, -0.2) is 0 Å². The summed E-state index contributed by atoms with van der Waals surface area (Å²) in [6.45, 7) is 6.77. The Labute approximate surface area is 113 Å². The van der Waals surface area contributed by atoms with E-state index in [1.807, 2.05) is 14.2 Å². The van der Waals surface area contributed by atoms with E-state index in [9.17, 15) is 0 Å². The van der Waals surface area contributed by atoms with E-state index in [0.717, 1.165) is 23.8 Å². The Balaban J connectivity index is 1.96. The van der Waals surface area contributed by atoms with Gasteiger partial charge < -0.3 is 8.85 Å². The largest absolute Gasteiger partial charge is 0.397 e. The fraction of sp³-hybridized carbons (Fsp3) is 0.867. The normalized spacial score (nSPS) is 31.3. The number of rotatable bonds is 5. The quantitative estimate of drug-likeness (QED) is 0.551. The van der Waals surface area contributed by atoms with Crippen LogP contribution in [0.15, 0.2) is 12.2 Å². The first-order valence-corrected chi connectivity index (χ1v) is 9.23. The summed E-state index contributed by atoms with van der Waals surface area (Å²) in [6, 6.07) is 1.13. The molecule has 1 fully saturated rings. The van der Waals surface area contributed by atoms with Crippen molar-refractivity contribution in [1.82, 2.24) is 0 Å². The molecule has 3 atom stereocenters. The minimum Gasteiger partial charge on any atom is -0.397 e. The molecule has 0 amide bonds. The molecule has 0 aromatic carbocycles. The zero-order chi connectivity index (χ0) is 13.4. The van der Waals surface area contributed by atoms with Crippen molar-refractivity contribution in [2.45, 2.75) is 51.1 Å². The van der Waals surface area contributed by atoms with Crippen molar-refractivity contribution in [2.24, 2.45) is 17.8 Å². The third-order valence-corrected chi connectivity index (χ3v) is 9.61. The second-order valence-electron chi connectivity index (χ2n) is 6.99. The van der Waals surface area contributed by atoms with Crippen LogP contribution in [0.1, 0.15) is 40.0 Å². The molecule has 104 valence electrons. The van der Waals surface area contributed by atoms with E-state index in [4.69, 9.17) is 8.85 Å². The molecule has 3 heteroatoms. The van der Waals surface area contributed by atoms with Gasteiger partial charge in [-0.05, 0) is 43.1 Å². The van der Waals surface area contributed by atoms with Gasteiger partial charge in [0.15, 0.2) is 0 Å². The first-order chi connectivity index (χ1) is 8.42. The minimum atomic E-state index is -2.06. The van der Waals surface area contributed by atoms with Gasteiger partial charge in [-0.15, -0.1) is 0 Å². The molecule has 2 rings (SSSR count). The number of allylic oxidation sites excluding steroid dienone is 2. The summed E-state index contributed by atoms with van der Waals surface area (Å²) in [6.07, 6.45) is 8.93. The maximum absolute atomic E-state index is 5.89. The van der Waals surface area contributed by atoms with Crippen LogP contribution in [0.5, 0.6) is 0 Å². The molecule has 0 aliphatic heterocycles. The van der Waals surface area contributed by atoms with Crippen molar-refractivity contribution in [3.8, 4) is 0 Å². The van der Waals surface area contributed by atoms with Crippen LogP contribution in [0.4, 0.5) is 0 Å². The number of hydrogen-bond acceptors (Lipinski definition) is 2. The molecule has 0 aromatic rings. The van der Waals surface area contributed by atoms with Crippen LogP contribution in [0, 0.1) is 17.8 Å². The Morgan fingerprint density at radius 1 is 1.11 bits per heavy atom.